The smallest absolute Gasteiger partial charge is 0.237 e. The molecule has 0 radical (unpaired) electrons. The molecule has 1 saturated carbocycles. The number of nitrogens with two attached hydrogens (primary N) is 1. The summed E-state index contributed by atoms with van der Waals surface area (Å²) >= 11 is 0. The first-order chi connectivity index (χ1) is 8.36. The molecule has 2 atom stereocenters. The molecule has 1 rings (SSSR count). The zero-order valence-electron chi connectivity index (χ0n) is 12.5. The fourth-order valence-electron chi connectivity index (χ4n) is 2.91. The van der Waals surface area contributed by atoms with Gasteiger partial charge in [0, 0.05) is 6.04 Å². The van der Waals surface area contributed by atoms with Gasteiger partial charge in [0.05, 0.1) is 6.04 Å². The Labute approximate surface area is 112 Å². The predicted molar refractivity (Wildman–Crippen MR) is 76.2 cm³/mol. The lowest BCUT2D eigenvalue weighted by Gasteiger charge is -2.33. The molecule has 0 spiro atoms. The highest BCUT2D eigenvalue weighted by molar-refractivity contribution is 5.82. The second-order valence-corrected chi connectivity index (χ2v) is 6.76. The van der Waals surface area contributed by atoms with Crippen LogP contribution in [0.15, 0.2) is 0 Å². The van der Waals surface area contributed by atoms with Gasteiger partial charge in [-0.1, -0.05) is 47.0 Å². The van der Waals surface area contributed by atoms with Crippen LogP contribution in [0.3, 0.4) is 0 Å². The van der Waals surface area contributed by atoms with Crippen LogP contribution in [0, 0.1) is 11.3 Å². The normalized spacial score (nSPS) is 21.4. The third-order valence-electron chi connectivity index (χ3n) is 4.23. The first-order valence-corrected chi connectivity index (χ1v) is 7.42. The average Bonchev–Trinajstić information content (AvgIpc) is 2.34. The third kappa shape index (κ3) is 4.27. The van der Waals surface area contributed by atoms with E-state index < -0.39 is 0 Å². The minimum absolute atomic E-state index is 0.0451. The fourth-order valence-corrected chi connectivity index (χ4v) is 2.91. The van der Waals surface area contributed by atoms with Crippen molar-refractivity contribution in [2.45, 2.75) is 78.3 Å². The number of nitrogens with one attached hydrogen (secondary N) is 1. The van der Waals surface area contributed by atoms with Crippen molar-refractivity contribution in [3.8, 4) is 0 Å². The first-order valence-electron chi connectivity index (χ1n) is 7.42. The molecule has 0 saturated heterocycles. The molecule has 0 aliphatic heterocycles. The third-order valence-corrected chi connectivity index (χ3v) is 4.23. The summed E-state index contributed by atoms with van der Waals surface area (Å²) in [6.07, 6.45) is 6.92. The van der Waals surface area contributed by atoms with Crippen LogP contribution in [0.1, 0.15) is 66.2 Å². The molecule has 3 N–H and O–H groups in total. The summed E-state index contributed by atoms with van der Waals surface area (Å²) < 4.78 is 0. The Balaban J connectivity index is 2.52. The van der Waals surface area contributed by atoms with E-state index in [4.69, 9.17) is 5.73 Å². The highest BCUT2D eigenvalue weighted by Gasteiger charge is 2.30. The number of carbonyl (C=O) groups is 1. The van der Waals surface area contributed by atoms with Crippen molar-refractivity contribution < 1.29 is 4.79 Å². The van der Waals surface area contributed by atoms with E-state index in [0.717, 1.165) is 19.3 Å². The van der Waals surface area contributed by atoms with Crippen LogP contribution >= 0.6 is 0 Å². The quantitative estimate of drug-likeness (QED) is 0.810. The molecule has 0 heterocycles. The molecule has 0 bridgehead atoms. The van der Waals surface area contributed by atoms with Gasteiger partial charge in [-0.2, -0.15) is 0 Å². The van der Waals surface area contributed by atoms with Crippen LogP contribution < -0.4 is 11.1 Å². The number of rotatable bonds is 4. The summed E-state index contributed by atoms with van der Waals surface area (Å²) in [6.45, 7) is 8.59. The maximum absolute atomic E-state index is 12.2. The molecule has 18 heavy (non-hydrogen) atoms. The summed E-state index contributed by atoms with van der Waals surface area (Å²) in [6, 6.07) is -0.110. The highest BCUT2D eigenvalue weighted by Crippen LogP contribution is 2.26. The molecule has 106 valence electrons. The van der Waals surface area contributed by atoms with E-state index in [-0.39, 0.29) is 23.4 Å². The molecule has 0 aromatic rings. The van der Waals surface area contributed by atoms with E-state index in [1.807, 2.05) is 0 Å². The summed E-state index contributed by atoms with van der Waals surface area (Å²) in [5.41, 5.74) is 6.22. The Morgan fingerprint density at radius 1 is 1.28 bits per heavy atom. The largest absolute Gasteiger partial charge is 0.351 e. The molecule has 1 aliphatic carbocycles. The highest BCUT2D eigenvalue weighted by atomic mass is 16.2. The number of hydrogen-bond donors (Lipinski definition) is 2. The van der Waals surface area contributed by atoms with Gasteiger partial charge < -0.3 is 11.1 Å². The number of hydrogen-bond acceptors (Lipinski definition) is 2. The van der Waals surface area contributed by atoms with Crippen molar-refractivity contribution in [1.29, 1.82) is 0 Å². The SMILES string of the molecule is CC[C@@H](NC(=O)[C@@H](N)C1CCCCC1)C(C)(C)C. The van der Waals surface area contributed by atoms with Crippen LogP contribution in [0.25, 0.3) is 0 Å². The van der Waals surface area contributed by atoms with Gasteiger partial charge in [0.1, 0.15) is 0 Å². The molecule has 0 unspecified atom stereocenters. The predicted octanol–water partition coefficient (Wildman–Crippen LogP) is 2.83. The maximum atomic E-state index is 12.2. The van der Waals surface area contributed by atoms with E-state index in [0.29, 0.717) is 5.92 Å². The Bertz CT molecular complexity index is 264. The van der Waals surface area contributed by atoms with Crippen LogP contribution in [0.5, 0.6) is 0 Å². The molecule has 3 nitrogen and oxygen atoms in total. The number of amides is 1. The Hall–Kier alpha value is -0.570. The summed E-state index contributed by atoms with van der Waals surface area (Å²) in [4.78, 5) is 12.2. The second kappa shape index (κ2) is 6.55. The molecular formula is C15H30N2O. The Morgan fingerprint density at radius 2 is 1.83 bits per heavy atom. The lowest BCUT2D eigenvalue weighted by atomic mass is 9.82. The number of carbonyl (C=O) groups excluding carboxylic acids is 1. The van der Waals surface area contributed by atoms with Crippen LogP contribution in [-0.4, -0.2) is 18.0 Å². The lowest BCUT2D eigenvalue weighted by Crippen LogP contribution is -2.52. The minimum atomic E-state index is -0.318. The zero-order chi connectivity index (χ0) is 13.8. The maximum Gasteiger partial charge on any atom is 0.237 e. The monoisotopic (exact) mass is 254 g/mol. The van der Waals surface area contributed by atoms with Crippen LogP contribution in [-0.2, 0) is 4.79 Å². The van der Waals surface area contributed by atoms with Crippen molar-refractivity contribution in [3.63, 3.8) is 0 Å². The summed E-state index contributed by atoms with van der Waals surface area (Å²) in [5.74, 6) is 0.430. The molecule has 0 aromatic heterocycles. The molecular weight excluding hydrogens is 224 g/mol. The molecule has 1 fully saturated rings. The Kier molecular flexibility index (Phi) is 5.64. The van der Waals surface area contributed by atoms with Gasteiger partial charge in [0.15, 0.2) is 0 Å². The van der Waals surface area contributed by atoms with E-state index in [1.165, 1.54) is 19.3 Å². The van der Waals surface area contributed by atoms with Gasteiger partial charge >= 0.3 is 0 Å². The summed E-state index contributed by atoms with van der Waals surface area (Å²) in [5, 5.41) is 3.14. The van der Waals surface area contributed by atoms with E-state index in [9.17, 15) is 4.79 Å². The van der Waals surface area contributed by atoms with Gasteiger partial charge in [-0.3, -0.25) is 4.79 Å². The minimum Gasteiger partial charge on any atom is -0.351 e. The van der Waals surface area contributed by atoms with Gasteiger partial charge in [-0.25, -0.2) is 0 Å². The Morgan fingerprint density at radius 3 is 2.28 bits per heavy atom. The van der Waals surface area contributed by atoms with E-state index in [1.54, 1.807) is 0 Å². The molecule has 1 aliphatic rings. The lowest BCUT2D eigenvalue weighted by molar-refractivity contribution is -0.125. The first kappa shape index (κ1) is 15.5. The van der Waals surface area contributed by atoms with Gasteiger partial charge in [0.25, 0.3) is 0 Å². The summed E-state index contributed by atoms with van der Waals surface area (Å²) in [7, 11) is 0. The van der Waals surface area contributed by atoms with Crippen LogP contribution in [0.2, 0.25) is 0 Å². The van der Waals surface area contributed by atoms with Crippen molar-refractivity contribution in [2.75, 3.05) is 0 Å². The second-order valence-electron chi connectivity index (χ2n) is 6.76. The fraction of sp³-hybridized carbons (Fsp3) is 0.933. The van der Waals surface area contributed by atoms with E-state index >= 15 is 0 Å². The molecule has 1 amide bonds. The molecule has 3 heteroatoms. The van der Waals surface area contributed by atoms with Gasteiger partial charge in [-0.15, -0.1) is 0 Å². The van der Waals surface area contributed by atoms with Crippen molar-refractivity contribution >= 4 is 5.91 Å². The average molecular weight is 254 g/mol. The van der Waals surface area contributed by atoms with Gasteiger partial charge in [0.2, 0.25) is 5.91 Å². The topological polar surface area (TPSA) is 55.1 Å². The van der Waals surface area contributed by atoms with Gasteiger partial charge in [-0.05, 0) is 30.6 Å². The van der Waals surface area contributed by atoms with Crippen molar-refractivity contribution in [3.05, 3.63) is 0 Å². The van der Waals surface area contributed by atoms with Crippen molar-refractivity contribution in [2.24, 2.45) is 17.1 Å². The molecule has 0 aromatic carbocycles. The zero-order valence-corrected chi connectivity index (χ0v) is 12.5. The van der Waals surface area contributed by atoms with Crippen molar-refractivity contribution in [1.82, 2.24) is 5.32 Å². The van der Waals surface area contributed by atoms with E-state index in [2.05, 4.69) is 33.0 Å². The standard InChI is InChI=1S/C15H30N2O/c1-5-12(15(2,3)4)17-14(18)13(16)11-9-7-6-8-10-11/h11-13H,5-10,16H2,1-4H3,(H,17,18)/t12-,13+/m1/s1. The van der Waals surface area contributed by atoms with Crippen LogP contribution in [0.4, 0.5) is 0 Å².